The lowest BCUT2D eigenvalue weighted by Crippen LogP contribution is -2.42. The zero-order valence-corrected chi connectivity index (χ0v) is 13.0. The van der Waals surface area contributed by atoms with E-state index >= 15 is 0 Å². The van der Waals surface area contributed by atoms with Crippen molar-refractivity contribution < 1.29 is 19.5 Å². The standard InChI is InChI=1S/C16H18N4O4/c17-8-13-2-1-7-20(13)15(22)10-18-9-14(21)19-12-5-3-11(4-6-12)16(23)24/h3-6,13,18H,1-2,7,9-10H2,(H,19,21)(H,23,24)/t13-/m0/s1. The van der Waals surface area contributed by atoms with Crippen molar-refractivity contribution in [1.82, 2.24) is 10.2 Å². The molecule has 1 aromatic rings. The van der Waals surface area contributed by atoms with Crippen LogP contribution in [0.2, 0.25) is 0 Å². The van der Waals surface area contributed by atoms with E-state index in [-0.39, 0.29) is 36.5 Å². The Morgan fingerprint density at radius 1 is 1.25 bits per heavy atom. The highest BCUT2D eigenvalue weighted by atomic mass is 16.4. The smallest absolute Gasteiger partial charge is 0.335 e. The molecule has 1 atom stereocenters. The van der Waals surface area contributed by atoms with Crippen molar-refractivity contribution in [3.63, 3.8) is 0 Å². The van der Waals surface area contributed by atoms with Gasteiger partial charge in [0.05, 0.1) is 24.7 Å². The molecular formula is C16H18N4O4. The lowest BCUT2D eigenvalue weighted by atomic mass is 10.2. The number of benzene rings is 1. The maximum Gasteiger partial charge on any atom is 0.335 e. The number of hydrogen-bond donors (Lipinski definition) is 3. The first kappa shape index (κ1) is 17.4. The third kappa shape index (κ3) is 4.54. The maximum atomic E-state index is 12.0. The van der Waals surface area contributed by atoms with Crippen LogP contribution in [0.25, 0.3) is 0 Å². The number of nitrogens with one attached hydrogen (secondary N) is 2. The summed E-state index contributed by atoms with van der Waals surface area (Å²) in [6.07, 6.45) is 1.51. The molecule has 8 heteroatoms. The molecule has 0 bridgehead atoms. The Morgan fingerprint density at radius 2 is 1.96 bits per heavy atom. The number of likely N-dealkylation sites (tertiary alicyclic amines) is 1. The predicted octanol–water partition coefficient (Wildman–Crippen LogP) is 0.427. The number of rotatable bonds is 6. The Balaban J connectivity index is 1.74. The van der Waals surface area contributed by atoms with E-state index in [1.807, 2.05) is 0 Å². The largest absolute Gasteiger partial charge is 0.478 e. The van der Waals surface area contributed by atoms with Crippen LogP contribution >= 0.6 is 0 Å². The Bertz CT molecular complexity index is 666. The van der Waals surface area contributed by atoms with E-state index in [1.165, 1.54) is 29.2 Å². The first-order valence-electron chi connectivity index (χ1n) is 7.54. The summed E-state index contributed by atoms with van der Waals surface area (Å²) in [5.41, 5.74) is 0.608. The van der Waals surface area contributed by atoms with Crippen molar-refractivity contribution in [3.8, 4) is 6.07 Å². The van der Waals surface area contributed by atoms with Crippen molar-refractivity contribution in [3.05, 3.63) is 29.8 Å². The van der Waals surface area contributed by atoms with Gasteiger partial charge in [0.2, 0.25) is 11.8 Å². The van der Waals surface area contributed by atoms with E-state index in [4.69, 9.17) is 10.4 Å². The van der Waals surface area contributed by atoms with Crippen LogP contribution in [-0.4, -0.2) is 53.5 Å². The summed E-state index contributed by atoms with van der Waals surface area (Å²) >= 11 is 0. The van der Waals surface area contributed by atoms with Gasteiger partial charge in [-0.15, -0.1) is 0 Å². The minimum atomic E-state index is -1.04. The number of carbonyl (C=O) groups is 3. The molecule has 1 aliphatic rings. The Morgan fingerprint density at radius 3 is 2.58 bits per heavy atom. The maximum absolute atomic E-state index is 12.0. The second-order valence-electron chi connectivity index (χ2n) is 5.41. The van der Waals surface area contributed by atoms with Gasteiger partial charge in [-0.25, -0.2) is 4.79 Å². The summed E-state index contributed by atoms with van der Waals surface area (Å²) in [7, 11) is 0. The molecule has 2 rings (SSSR count). The second-order valence-corrected chi connectivity index (χ2v) is 5.41. The fraction of sp³-hybridized carbons (Fsp3) is 0.375. The van der Waals surface area contributed by atoms with Gasteiger partial charge in [-0.1, -0.05) is 0 Å². The molecule has 0 aliphatic carbocycles. The third-order valence-electron chi connectivity index (χ3n) is 3.70. The van der Waals surface area contributed by atoms with Gasteiger partial charge in [0.15, 0.2) is 0 Å². The van der Waals surface area contributed by atoms with E-state index in [0.29, 0.717) is 18.7 Å². The zero-order chi connectivity index (χ0) is 17.5. The van der Waals surface area contributed by atoms with Crippen LogP contribution in [0.3, 0.4) is 0 Å². The summed E-state index contributed by atoms with van der Waals surface area (Å²) in [5.74, 6) is -1.58. The average Bonchev–Trinajstić information content (AvgIpc) is 3.04. The summed E-state index contributed by atoms with van der Waals surface area (Å²) < 4.78 is 0. The SMILES string of the molecule is N#C[C@@H]1CCCN1C(=O)CNCC(=O)Nc1ccc(C(=O)O)cc1. The first-order chi connectivity index (χ1) is 11.5. The lowest BCUT2D eigenvalue weighted by molar-refractivity contribution is -0.130. The van der Waals surface area contributed by atoms with Crippen LogP contribution < -0.4 is 10.6 Å². The molecule has 0 saturated carbocycles. The summed E-state index contributed by atoms with van der Waals surface area (Å²) in [5, 5.41) is 23.1. The number of amides is 2. The van der Waals surface area contributed by atoms with Crippen LogP contribution in [-0.2, 0) is 9.59 Å². The highest BCUT2D eigenvalue weighted by Gasteiger charge is 2.27. The fourth-order valence-corrected chi connectivity index (χ4v) is 2.49. The molecule has 2 amide bonds. The Labute approximate surface area is 139 Å². The van der Waals surface area contributed by atoms with Gasteiger partial charge in [0.25, 0.3) is 0 Å². The van der Waals surface area contributed by atoms with Crippen LogP contribution in [0.4, 0.5) is 5.69 Å². The zero-order valence-electron chi connectivity index (χ0n) is 13.0. The third-order valence-corrected chi connectivity index (χ3v) is 3.70. The van der Waals surface area contributed by atoms with E-state index < -0.39 is 5.97 Å². The van der Waals surface area contributed by atoms with Crippen molar-refractivity contribution in [1.29, 1.82) is 5.26 Å². The van der Waals surface area contributed by atoms with E-state index in [2.05, 4.69) is 16.7 Å². The number of anilines is 1. The van der Waals surface area contributed by atoms with Crippen molar-refractivity contribution in [2.75, 3.05) is 25.0 Å². The quantitative estimate of drug-likeness (QED) is 0.695. The molecule has 1 saturated heterocycles. The van der Waals surface area contributed by atoms with Crippen LogP contribution in [0.5, 0.6) is 0 Å². The van der Waals surface area contributed by atoms with Gasteiger partial charge in [-0.3, -0.25) is 14.9 Å². The van der Waals surface area contributed by atoms with Gasteiger partial charge in [-0.05, 0) is 37.1 Å². The molecule has 0 radical (unpaired) electrons. The predicted molar refractivity (Wildman–Crippen MR) is 85.2 cm³/mol. The lowest BCUT2D eigenvalue weighted by Gasteiger charge is -2.19. The molecule has 1 aromatic carbocycles. The minimum absolute atomic E-state index is 0.0104. The van der Waals surface area contributed by atoms with E-state index in [9.17, 15) is 14.4 Å². The van der Waals surface area contributed by atoms with Gasteiger partial charge in [-0.2, -0.15) is 5.26 Å². The molecular weight excluding hydrogens is 312 g/mol. The number of carboxylic acid groups (broad SMARTS) is 1. The van der Waals surface area contributed by atoms with Gasteiger partial charge in [0, 0.05) is 12.2 Å². The summed E-state index contributed by atoms with van der Waals surface area (Å²) in [6, 6.07) is 7.50. The van der Waals surface area contributed by atoms with Crippen molar-refractivity contribution in [2.24, 2.45) is 0 Å². The molecule has 8 nitrogen and oxygen atoms in total. The molecule has 1 aliphatic heterocycles. The van der Waals surface area contributed by atoms with E-state index in [0.717, 1.165) is 6.42 Å². The number of nitrogens with zero attached hydrogens (tertiary/aromatic N) is 2. The topological polar surface area (TPSA) is 123 Å². The van der Waals surface area contributed by atoms with Gasteiger partial charge < -0.3 is 15.3 Å². The number of carboxylic acids is 1. The molecule has 3 N–H and O–H groups in total. The fourth-order valence-electron chi connectivity index (χ4n) is 2.49. The molecule has 1 heterocycles. The number of hydrogen-bond acceptors (Lipinski definition) is 5. The Kier molecular flexibility index (Phi) is 5.87. The van der Waals surface area contributed by atoms with Gasteiger partial charge >= 0.3 is 5.97 Å². The van der Waals surface area contributed by atoms with E-state index in [1.54, 1.807) is 0 Å². The van der Waals surface area contributed by atoms with Gasteiger partial charge in [0.1, 0.15) is 6.04 Å². The minimum Gasteiger partial charge on any atom is -0.478 e. The van der Waals surface area contributed by atoms with Crippen LogP contribution in [0.15, 0.2) is 24.3 Å². The Hall–Kier alpha value is -2.92. The molecule has 0 unspecified atom stereocenters. The highest BCUT2D eigenvalue weighted by Crippen LogP contribution is 2.15. The monoisotopic (exact) mass is 330 g/mol. The number of aromatic carboxylic acids is 1. The van der Waals surface area contributed by atoms with Crippen LogP contribution in [0, 0.1) is 11.3 Å². The number of nitriles is 1. The molecule has 1 fully saturated rings. The second kappa shape index (κ2) is 8.08. The molecule has 0 aromatic heterocycles. The number of carbonyl (C=O) groups excluding carboxylic acids is 2. The highest BCUT2D eigenvalue weighted by molar-refractivity contribution is 5.93. The molecule has 0 spiro atoms. The average molecular weight is 330 g/mol. The van der Waals surface area contributed by atoms with Crippen LogP contribution in [0.1, 0.15) is 23.2 Å². The molecule has 24 heavy (non-hydrogen) atoms. The molecule has 126 valence electrons. The summed E-state index contributed by atoms with van der Waals surface area (Å²) in [4.78, 5) is 36.0. The first-order valence-corrected chi connectivity index (χ1v) is 7.54. The normalized spacial score (nSPS) is 16.5. The van der Waals surface area contributed by atoms with Crippen molar-refractivity contribution in [2.45, 2.75) is 18.9 Å². The summed E-state index contributed by atoms with van der Waals surface area (Å²) in [6.45, 7) is 0.502. The van der Waals surface area contributed by atoms with Crippen molar-refractivity contribution >= 4 is 23.5 Å².